The number of hydrogen-bond donors (Lipinski definition) is 1. The lowest BCUT2D eigenvalue weighted by Crippen LogP contribution is -2.45. The predicted molar refractivity (Wildman–Crippen MR) is 84.7 cm³/mol. The Morgan fingerprint density at radius 2 is 2.00 bits per heavy atom. The van der Waals surface area contributed by atoms with E-state index in [1.807, 2.05) is 0 Å². The Morgan fingerprint density at radius 1 is 1.33 bits per heavy atom. The van der Waals surface area contributed by atoms with Crippen molar-refractivity contribution in [1.82, 2.24) is 14.8 Å². The van der Waals surface area contributed by atoms with Crippen LogP contribution in [0, 0.1) is 5.92 Å². The summed E-state index contributed by atoms with van der Waals surface area (Å²) in [5.74, 6) is -1.29. The Hall–Kier alpha value is -2.64. The van der Waals surface area contributed by atoms with E-state index in [0.29, 0.717) is 37.4 Å². The van der Waals surface area contributed by atoms with Crippen LogP contribution in [0.2, 0.25) is 0 Å². The molecule has 8 heteroatoms. The molecular weight excluding hydrogens is 314 g/mol. The summed E-state index contributed by atoms with van der Waals surface area (Å²) in [6, 6.07) is 3.17. The first-order chi connectivity index (χ1) is 11.4. The van der Waals surface area contributed by atoms with E-state index >= 15 is 0 Å². The average Bonchev–Trinajstić information content (AvgIpc) is 2.61. The number of pyridine rings is 1. The van der Waals surface area contributed by atoms with Gasteiger partial charge in [-0.05, 0) is 18.9 Å². The van der Waals surface area contributed by atoms with Crippen molar-refractivity contribution in [3.8, 4) is 5.88 Å². The van der Waals surface area contributed by atoms with E-state index in [2.05, 4.69) is 4.98 Å². The molecule has 1 N–H and O–H groups in total. The van der Waals surface area contributed by atoms with Gasteiger partial charge >= 0.3 is 5.97 Å². The van der Waals surface area contributed by atoms with Crippen LogP contribution in [-0.2, 0) is 9.59 Å². The lowest BCUT2D eigenvalue weighted by molar-refractivity contribution is -0.145. The number of carboxylic acid groups (broad SMARTS) is 1. The maximum atomic E-state index is 12.3. The van der Waals surface area contributed by atoms with Crippen LogP contribution in [0.15, 0.2) is 18.3 Å². The zero-order valence-electron chi connectivity index (χ0n) is 13.8. The number of piperidine rings is 1. The number of carboxylic acids is 1. The first-order valence-corrected chi connectivity index (χ1v) is 7.68. The molecule has 1 aliphatic rings. The van der Waals surface area contributed by atoms with E-state index in [1.165, 1.54) is 18.2 Å². The fourth-order valence-electron chi connectivity index (χ4n) is 2.60. The Kier molecular flexibility index (Phi) is 5.73. The smallest absolute Gasteiger partial charge is 0.306 e. The van der Waals surface area contributed by atoms with Crippen molar-refractivity contribution in [3.05, 3.63) is 23.9 Å². The molecule has 24 heavy (non-hydrogen) atoms. The quantitative estimate of drug-likeness (QED) is 0.840. The standard InChI is InChI=1S/C16H21N3O5/c1-18(15(21)12-3-4-13(24-2)17-9-12)10-14(20)19-7-5-11(6-8-19)16(22)23/h3-4,9,11H,5-8,10H2,1-2H3,(H,22,23). The SMILES string of the molecule is COc1ccc(C(=O)N(C)CC(=O)N2CCC(C(=O)O)CC2)cn1. The number of carbonyl (C=O) groups excluding carboxylic acids is 2. The molecule has 2 heterocycles. The summed E-state index contributed by atoms with van der Waals surface area (Å²) in [5, 5.41) is 8.97. The number of aromatic nitrogens is 1. The third kappa shape index (κ3) is 4.21. The van der Waals surface area contributed by atoms with Crippen molar-refractivity contribution in [3.63, 3.8) is 0 Å². The Balaban J connectivity index is 1.89. The van der Waals surface area contributed by atoms with Gasteiger partial charge in [-0.1, -0.05) is 0 Å². The van der Waals surface area contributed by atoms with E-state index in [-0.39, 0.29) is 18.4 Å². The van der Waals surface area contributed by atoms with Crippen LogP contribution in [0.1, 0.15) is 23.2 Å². The minimum Gasteiger partial charge on any atom is -0.481 e. The first-order valence-electron chi connectivity index (χ1n) is 7.68. The van der Waals surface area contributed by atoms with Crippen LogP contribution < -0.4 is 4.74 Å². The number of carbonyl (C=O) groups is 3. The second-order valence-corrected chi connectivity index (χ2v) is 5.74. The molecule has 2 rings (SSSR count). The van der Waals surface area contributed by atoms with Gasteiger partial charge in [0, 0.05) is 32.4 Å². The molecule has 130 valence electrons. The lowest BCUT2D eigenvalue weighted by atomic mass is 9.97. The van der Waals surface area contributed by atoms with Gasteiger partial charge in [0.25, 0.3) is 5.91 Å². The van der Waals surface area contributed by atoms with Crippen LogP contribution in [0.25, 0.3) is 0 Å². The van der Waals surface area contributed by atoms with Gasteiger partial charge in [-0.2, -0.15) is 0 Å². The van der Waals surface area contributed by atoms with E-state index in [4.69, 9.17) is 9.84 Å². The molecule has 1 aromatic rings. The molecule has 0 saturated carbocycles. The number of rotatable bonds is 5. The Morgan fingerprint density at radius 3 is 2.50 bits per heavy atom. The Bertz CT molecular complexity index is 609. The molecular formula is C16H21N3O5. The van der Waals surface area contributed by atoms with Crippen LogP contribution >= 0.6 is 0 Å². The summed E-state index contributed by atoms with van der Waals surface area (Å²) in [4.78, 5) is 42.4. The van der Waals surface area contributed by atoms with Gasteiger partial charge in [0.15, 0.2) is 0 Å². The minimum atomic E-state index is -0.818. The van der Waals surface area contributed by atoms with E-state index in [0.717, 1.165) is 0 Å². The average molecular weight is 335 g/mol. The summed E-state index contributed by atoms with van der Waals surface area (Å²) >= 11 is 0. The molecule has 0 aliphatic carbocycles. The van der Waals surface area contributed by atoms with E-state index in [9.17, 15) is 14.4 Å². The van der Waals surface area contributed by atoms with Crippen molar-refractivity contribution in [2.24, 2.45) is 5.92 Å². The van der Waals surface area contributed by atoms with Crippen LogP contribution in [-0.4, -0.2) is 71.5 Å². The number of methoxy groups -OCH3 is 1. The topological polar surface area (TPSA) is 100 Å². The normalized spacial score (nSPS) is 15.0. The summed E-state index contributed by atoms with van der Waals surface area (Å²) in [6.07, 6.45) is 2.29. The maximum Gasteiger partial charge on any atom is 0.306 e. The van der Waals surface area contributed by atoms with Crippen molar-refractivity contribution >= 4 is 17.8 Å². The number of nitrogens with zero attached hydrogens (tertiary/aromatic N) is 3. The summed E-state index contributed by atoms with van der Waals surface area (Å²) in [6.45, 7) is 0.756. The second-order valence-electron chi connectivity index (χ2n) is 5.74. The van der Waals surface area contributed by atoms with E-state index in [1.54, 1.807) is 24.1 Å². The highest BCUT2D eigenvalue weighted by Gasteiger charge is 2.28. The van der Waals surface area contributed by atoms with Crippen LogP contribution in [0.5, 0.6) is 5.88 Å². The molecule has 1 saturated heterocycles. The molecule has 0 aromatic carbocycles. The summed E-state index contributed by atoms with van der Waals surface area (Å²) < 4.78 is 4.94. The highest BCUT2D eigenvalue weighted by molar-refractivity contribution is 5.96. The highest BCUT2D eigenvalue weighted by atomic mass is 16.5. The Labute approximate surface area is 140 Å². The fourth-order valence-corrected chi connectivity index (χ4v) is 2.60. The summed E-state index contributed by atoms with van der Waals surface area (Å²) in [7, 11) is 3.04. The maximum absolute atomic E-state index is 12.3. The number of likely N-dealkylation sites (tertiary alicyclic amines) is 1. The fraction of sp³-hybridized carbons (Fsp3) is 0.500. The van der Waals surface area contributed by atoms with Crippen molar-refractivity contribution in [1.29, 1.82) is 0 Å². The summed E-state index contributed by atoms with van der Waals surface area (Å²) in [5.41, 5.74) is 0.371. The van der Waals surface area contributed by atoms with E-state index < -0.39 is 11.9 Å². The van der Waals surface area contributed by atoms with Crippen molar-refractivity contribution < 1.29 is 24.2 Å². The zero-order chi connectivity index (χ0) is 17.7. The van der Waals surface area contributed by atoms with Gasteiger partial charge in [-0.3, -0.25) is 14.4 Å². The third-order valence-corrected chi connectivity index (χ3v) is 4.11. The zero-order valence-corrected chi connectivity index (χ0v) is 13.8. The van der Waals surface area contributed by atoms with Gasteiger partial charge in [-0.15, -0.1) is 0 Å². The van der Waals surface area contributed by atoms with Gasteiger partial charge in [0.05, 0.1) is 25.1 Å². The number of ether oxygens (including phenoxy) is 1. The van der Waals surface area contributed by atoms with Crippen molar-refractivity contribution in [2.45, 2.75) is 12.8 Å². The van der Waals surface area contributed by atoms with Crippen LogP contribution in [0.4, 0.5) is 0 Å². The number of hydrogen-bond acceptors (Lipinski definition) is 5. The third-order valence-electron chi connectivity index (χ3n) is 4.11. The van der Waals surface area contributed by atoms with Gasteiger partial charge in [0.1, 0.15) is 0 Å². The number of aliphatic carboxylic acids is 1. The minimum absolute atomic E-state index is 0.0530. The van der Waals surface area contributed by atoms with Gasteiger partial charge in [-0.25, -0.2) is 4.98 Å². The number of likely N-dealkylation sites (N-methyl/N-ethyl adjacent to an activating group) is 1. The monoisotopic (exact) mass is 335 g/mol. The lowest BCUT2D eigenvalue weighted by Gasteiger charge is -2.31. The molecule has 2 amide bonds. The molecule has 8 nitrogen and oxygen atoms in total. The first kappa shape index (κ1) is 17.7. The molecule has 0 unspecified atom stereocenters. The number of amides is 2. The van der Waals surface area contributed by atoms with Gasteiger partial charge < -0.3 is 19.6 Å². The molecule has 1 fully saturated rings. The van der Waals surface area contributed by atoms with Gasteiger partial charge in [0.2, 0.25) is 11.8 Å². The highest BCUT2D eigenvalue weighted by Crippen LogP contribution is 2.17. The molecule has 0 spiro atoms. The molecule has 0 bridgehead atoms. The predicted octanol–water partition coefficient (Wildman–Crippen LogP) is 0.485. The van der Waals surface area contributed by atoms with Crippen LogP contribution in [0.3, 0.4) is 0 Å². The largest absolute Gasteiger partial charge is 0.481 e. The molecule has 1 aromatic heterocycles. The molecule has 0 atom stereocenters. The van der Waals surface area contributed by atoms with Crippen molar-refractivity contribution in [2.75, 3.05) is 33.8 Å². The molecule has 0 radical (unpaired) electrons. The second kappa shape index (κ2) is 7.76. The molecule has 1 aliphatic heterocycles.